The second kappa shape index (κ2) is 9.83. The predicted molar refractivity (Wildman–Crippen MR) is 105 cm³/mol. The van der Waals surface area contributed by atoms with Crippen molar-refractivity contribution >= 4 is 23.7 Å². The van der Waals surface area contributed by atoms with Gasteiger partial charge in [-0.3, -0.25) is 19.7 Å². The van der Waals surface area contributed by atoms with Crippen molar-refractivity contribution in [2.75, 3.05) is 13.2 Å². The van der Waals surface area contributed by atoms with Crippen LogP contribution in [0.3, 0.4) is 0 Å². The molecule has 0 saturated carbocycles. The second-order valence-electron chi connectivity index (χ2n) is 5.85. The smallest absolute Gasteiger partial charge is 0.273 e. The molecule has 0 heterocycles. The average Bonchev–Trinajstić information content (AvgIpc) is 2.67. The summed E-state index contributed by atoms with van der Waals surface area (Å²) in [6, 6.07) is 9.01. The fourth-order valence-corrected chi connectivity index (χ4v) is 2.32. The van der Waals surface area contributed by atoms with Crippen LogP contribution < -0.4 is 20.6 Å². The largest absolute Gasteiger partial charge is 0.490 e. The molecule has 2 aromatic rings. The number of hydrogen-bond donors (Lipinski definition) is 2. The van der Waals surface area contributed by atoms with E-state index in [1.54, 1.807) is 32.0 Å². The monoisotopic (exact) mass is 400 g/mol. The Labute approximate surface area is 166 Å². The minimum atomic E-state index is -0.614. The van der Waals surface area contributed by atoms with Crippen LogP contribution in [0.2, 0.25) is 0 Å². The number of nitrogens with one attached hydrogen (secondary N) is 1. The molecular weight excluding hydrogens is 380 g/mol. The third-order valence-electron chi connectivity index (χ3n) is 3.69. The summed E-state index contributed by atoms with van der Waals surface area (Å²) in [6.45, 7) is 3.47. The minimum Gasteiger partial charge on any atom is -0.490 e. The van der Waals surface area contributed by atoms with Crippen molar-refractivity contribution in [2.45, 2.75) is 13.8 Å². The maximum absolute atomic E-state index is 12.2. The number of amides is 2. The number of rotatable bonds is 9. The van der Waals surface area contributed by atoms with Crippen LogP contribution in [0.5, 0.6) is 11.5 Å². The van der Waals surface area contributed by atoms with Gasteiger partial charge in [-0.05, 0) is 43.7 Å². The number of nitro groups is 1. The lowest BCUT2D eigenvalue weighted by Crippen LogP contribution is -2.20. The molecule has 0 saturated heterocycles. The molecular formula is C19H20N4O6. The molecule has 10 nitrogen and oxygen atoms in total. The number of nitrogens with two attached hydrogens (primary N) is 1. The van der Waals surface area contributed by atoms with Crippen molar-refractivity contribution in [1.82, 2.24) is 5.43 Å². The van der Waals surface area contributed by atoms with Gasteiger partial charge in [0.1, 0.15) is 0 Å². The Morgan fingerprint density at radius 2 is 1.97 bits per heavy atom. The van der Waals surface area contributed by atoms with E-state index in [1.165, 1.54) is 24.4 Å². The van der Waals surface area contributed by atoms with Gasteiger partial charge in [0.05, 0.1) is 17.7 Å². The molecule has 2 amide bonds. The van der Waals surface area contributed by atoms with Crippen molar-refractivity contribution in [3.63, 3.8) is 0 Å². The highest BCUT2D eigenvalue weighted by Crippen LogP contribution is 2.28. The Morgan fingerprint density at radius 3 is 2.62 bits per heavy atom. The van der Waals surface area contributed by atoms with Crippen LogP contribution in [0.4, 0.5) is 5.69 Å². The summed E-state index contributed by atoms with van der Waals surface area (Å²) in [4.78, 5) is 33.5. The molecule has 0 aliphatic heterocycles. The van der Waals surface area contributed by atoms with Gasteiger partial charge in [-0.2, -0.15) is 5.10 Å². The number of nitrogens with zero attached hydrogens (tertiary/aromatic N) is 2. The quantitative estimate of drug-likeness (QED) is 0.373. The lowest BCUT2D eigenvalue weighted by atomic mass is 10.1. The van der Waals surface area contributed by atoms with E-state index < -0.39 is 16.7 Å². The van der Waals surface area contributed by atoms with E-state index in [2.05, 4.69) is 10.5 Å². The number of benzene rings is 2. The van der Waals surface area contributed by atoms with E-state index in [4.69, 9.17) is 15.2 Å². The van der Waals surface area contributed by atoms with Crippen LogP contribution in [0.1, 0.15) is 28.4 Å². The Hall–Kier alpha value is -3.95. The van der Waals surface area contributed by atoms with Crippen LogP contribution in [-0.2, 0) is 4.79 Å². The number of aryl methyl sites for hydroxylation is 1. The second-order valence-corrected chi connectivity index (χ2v) is 5.85. The highest BCUT2D eigenvalue weighted by Gasteiger charge is 2.14. The zero-order chi connectivity index (χ0) is 21.4. The van der Waals surface area contributed by atoms with E-state index in [1.807, 2.05) is 0 Å². The first-order chi connectivity index (χ1) is 13.8. The average molecular weight is 400 g/mol. The first kappa shape index (κ1) is 21.4. The molecule has 0 atom stereocenters. The third-order valence-corrected chi connectivity index (χ3v) is 3.69. The van der Waals surface area contributed by atoms with E-state index in [0.29, 0.717) is 29.2 Å². The van der Waals surface area contributed by atoms with E-state index in [0.717, 1.165) is 0 Å². The van der Waals surface area contributed by atoms with Gasteiger partial charge >= 0.3 is 0 Å². The van der Waals surface area contributed by atoms with Crippen molar-refractivity contribution in [1.29, 1.82) is 0 Å². The molecule has 0 fully saturated rings. The summed E-state index contributed by atoms with van der Waals surface area (Å²) in [5, 5.41) is 14.8. The molecule has 0 bridgehead atoms. The number of ether oxygens (including phenoxy) is 2. The number of carbonyl (C=O) groups is 2. The summed E-state index contributed by atoms with van der Waals surface area (Å²) in [5.41, 5.74) is 8.40. The van der Waals surface area contributed by atoms with Crippen molar-refractivity contribution in [2.24, 2.45) is 10.8 Å². The number of hydrazone groups is 1. The molecule has 3 N–H and O–H groups in total. The lowest BCUT2D eigenvalue weighted by molar-refractivity contribution is -0.385. The Bertz CT molecular complexity index is 958. The van der Waals surface area contributed by atoms with Gasteiger partial charge in [-0.1, -0.05) is 6.07 Å². The first-order valence-electron chi connectivity index (χ1n) is 8.58. The van der Waals surface area contributed by atoms with E-state index in [-0.39, 0.29) is 17.9 Å². The molecule has 10 heteroatoms. The summed E-state index contributed by atoms with van der Waals surface area (Å²) in [5.74, 6) is -0.468. The molecule has 0 radical (unpaired) electrons. The highest BCUT2D eigenvalue weighted by atomic mass is 16.6. The van der Waals surface area contributed by atoms with Gasteiger partial charge in [0, 0.05) is 17.2 Å². The standard InChI is InChI=1S/C19H20N4O6/c1-3-28-17-8-13(5-7-16(17)29-11-18(20)24)10-21-22-19(25)14-6-4-12(2)15(9-14)23(26)27/h4-10H,3,11H2,1-2H3,(H2,20,24)(H,22,25)/b21-10+. The lowest BCUT2D eigenvalue weighted by Gasteiger charge is -2.11. The van der Waals surface area contributed by atoms with Gasteiger partial charge in [-0.25, -0.2) is 5.43 Å². The Morgan fingerprint density at radius 1 is 1.21 bits per heavy atom. The summed E-state index contributed by atoms with van der Waals surface area (Å²) < 4.78 is 10.7. The van der Waals surface area contributed by atoms with Gasteiger partial charge in [0.2, 0.25) is 0 Å². The van der Waals surface area contributed by atoms with Crippen molar-refractivity contribution in [3.05, 3.63) is 63.2 Å². The predicted octanol–water partition coefficient (Wildman–Crippen LogP) is 1.93. The molecule has 0 spiro atoms. The zero-order valence-electron chi connectivity index (χ0n) is 15.9. The van der Waals surface area contributed by atoms with Crippen molar-refractivity contribution in [3.8, 4) is 11.5 Å². The molecule has 0 aliphatic rings. The van der Waals surface area contributed by atoms with Crippen LogP contribution in [-0.4, -0.2) is 36.2 Å². The number of primary amides is 1. The SMILES string of the molecule is CCOc1cc(/C=N/NC(=O)c2ccc(C)c([N+](=O)[O-])c2)ccc1OCC(N)=O. The normalized spacial score (nSPS) is 10.6. The minimum absolute atomic E-state index is 0.115. The third kappa shape index (κ3) is 6.03. The fraction of sp³-hybridized carbons (Fsp3) is 0.211. The molecule has 0 aromatic heterocycles. The maximum atomic E-state index is 12.2. The molecule has 0 unspecified atom stereocenters. The van der Waals surface area contributed by atoms with Crippen LogP contribution in [0.25, 0.3) is 0 Å². The zero-order valence-corrected chi connectivity index (χ0v) is 15.9. The molecule has 29 heavy (non-hydrogen) atoms. The Kier molecular flexibility index (Phi) is 7.24. The van der Waals surface area contributed by atoms with E-state index in [9.17, 15) is 19.7 Å². The fourth-order valence-electron chi connectivity index (χ4n) is 2.32. The molecule has 2 aromatic carbocycles. The van der Waals surface area contributed by atoms with Crippen LogP contribution in [0.15, 0.2) is 41.5 Å². The van der Waals surface area contributed by atoms with Gasteiger partial charge in [0.25, 0.3) is 17.5 Å². The summed E-state index contributed by atoms with van der Waals surface area (Å²) >= 11 is 0. The summed E-state index contributed by atoms with van der Waals surface area (Å²) in [6.07, 6.45) is 1.38. The summed E-state index contributed by atoms with van der Waals surface area (Å²) in [7, 11) is 0. The van der Waals surface area contributed by atoms with Gasteiger partial charge in [-0.15, -0.1) is 0 Å². The van der Waals surface area contributed by atoms with Crippen LogP contribution in [0, 0.1) is 17.0 Å². The first-order valence-corrected chi connectivity index (χ1v) is 8.58. The van der Waals surface area contributed by atoms with Crippen LogP contribution >= 0.6 is 0 Å². The number of carbonyl (C=O) groups excluding carboxylic acids is 2. The topological polar surface area (TPSA) is 146 Å². The van der Waals surface area contributed by atoms with E-state index >= 15 is 0 Å². The number of hydrogen-bond acceptors (Lipinski definition) is 7. The number of nitro benzene ring substituents is 1. The molecule has 2 rings (SSSR count). The van der Waals surface area contributed by atoms with Gasteiger partial charge < -0.3 is 15.2 Å². The van der Waals surface area contributed by atoms with Gasteiger partial charge in [0.15, 0.2) is 18.1 Å². The highest BCUT2D eigenvalue weighted by molar-refractivity contribution is 5.95. The van der Waals surface area contributed by atoms with Crippen molar-refractivity contribution < 1.29 is 24.0 Å². The molecule has 0 aliphatic carbocycles. The molecule has 152 valence electrons. The Balaban J connectivity index is 2.10. The maximum Gasteiger partial charge on any atom is 0.273 e.